The summed E-state index contributed by atoms with van der Waals surface area (Å²) in [6, 6.07) is 2.41. The lowest BCUT2D eigenvalue weighted by molar-refractivity contribution is -0.138. The second-order valence-electron chi connectivity index (χ2n) is 10.0. The third kappa shape index (κ3) is 8.43. The number of likely N-dealkylation sites (tertiary alicyclic amines) is 1. The summed E-state index contributed by atoms with van der Waals surface area (Å²) < 4.78 is 31.1. The van der Waals surface area contributed by atoms with Gasteiger partial charge in [-0.1, -0.05) is 0 Å². The number of aliphatic carboxylic acids is 1. The number of nitrogens with zero attached hydrogens (tertiary/aromatic N) is 1. The molecule has 13 heteroatoms. The number of fused-ring (bicyclic) bond motifs is 1. The van der Waals surface area contributed by atoms with Crippen molar-refractivity contribution < 1.29 is 32.6 Å². The molecule has 1 atom stereocenters. The van der Waals surface area contributed by atoms with Crippen molar-refractivity contribution in [2.24, 2.45) is 5.92 Å². The van der Waals surface area contributed by atoms with E-state index < -0.39 is 33.5 Å². The quantitative estimate of drug-likeness (QED) is 0.428. The Balaban J connectivity index is 1.48. The van der Waals surface area contributed by atoms with Gasteiger partial charge in [0.05, 0.1) is 15.1 Å². The third-order valence-corrected chi connectivity index (χ3v) is 8.84. The first-order valence-corrected chi connectivity index (χ1v) is 15.2. The second-order valence-corrected chi connectivity index (χ2v) is 14.2. The lowest BCUT2D eigenvalue weighted by atomic mass is 9.92. The Morgan fingerprint density at radius 3 is 2.42 bits per heavy atom. The van der Waals surface area contributed by atoms with Gasteiger partial charge in [-0.3, -0.25) is 9.59 Å². The molecular formula is C23H33N3O7S3. The highest BCUT2D eigenvalue weighted by Crippen LogP contribution is 2.35. The average molecular weight is 560 g/mol. The van der Waals surface area contributed by atoms with Crippen molar-refractivity contribution >= 4 is 60.1 Å². The lowest BCUT2D eigenvalue weighted by Gasteiger charge is -2.33. The number of thiophene rings is 2. The molecule has 0 spiro atoms. The summed E-state index contributed by atoms with van der Waals surface area (Å²) in [5.41, 5.74) is -0.489. The molecular weight excluding hydrogens is 526 g/mol. The van der Waals surface area contributed by atoms with E-state index in [0.29, 0.717) is 23.9 Å². The Hall–Kier alpha value is -2.22. The van der Waals surface area contributed by atoms with E-state index in [1.54, 1.807) is 22.3 Å². The van der Waals surface area contributed by atoms with Gasteiger partial charge in [-0.25, -0.2) is 13.2 Å². The van der Waals surface area contributed by atoms with E-state index in [-0.39, 0.29) is 12.6 Å². The first kappa shape index (κ1) is 28.4. The Morgan fingerprint density at radius 2 is 1.86 bits per heavy atom. The number of hydrogen-bond acceptors (Lipinski definition) is 8. The number of sulfonamides is 1. The third-order valence-electron chi connectivity index (χ3n) is 5.68. The van der Waals surface area contributed by atoms with E-state index in [9.17, 15) is 22.8 Å². The van der Waals surface area contributed by atoms with Gasteiger partial charge in [-0.2, -0.15) is 4.72 Å². The van der Waals surface area contributed by atoms with Gasteiger partial charge in [-0.05, 0) is 64.5 Å². The topological polar surface area (TPSA) is 142 Å². The molecule has 10 nitrogen and oxygen atoms in total. The molecule has 0 radical (unpaired) electrons. The fourth-order valence-corrected chi connectivity index (χ4v) is 7.05. The van der Waals surface area contributed by atoms with Crippen molar-refractivity contribution in [3.8, 4) is 0 Å². The van der Waals surface area contributed by atoms with Gasteiger partial charge in [0.25, 0.3) is 5.91 Å². The van der Waals surface area contributed by atoms with Crippen molar-refractivity contribution in [1.82, 2.24) is 14.9 Å². The zero-order chi connectivity index (χ0) is 26.7. The molecule has 2 aromatic rings. The fraction of sp³-hybridized carbons (Fsp3) is 0.609. The summed E-state index contributed by atoms with van der Waals surface area (Å²) in [6.45, 7) is 6.67. The van der Waals surface area contributed by atoms with Gasteiger partial charge in [0.1, 0.15) is 11.6 Å². The van der Waals surface area contributed by atoms with Crippen LogP contribution < -0.4 is 10.0 Å². The molecule has 2 aromatic heterocycles. The number of rotatable bonds is 9. The van der Waals surface area contributed by atoms with E-state index in [1.165, 1.54) is 16.2 Å². The minimum atomic E-state index is -3.73. The standard InChI is InChI=1S/C23H33N3O7S3/c1-23(2,3)33-22(30)26-9-7-14(8-10-26)5-6-16-11-15-12-18(35-21(15)34-16)19(27)24-13-17(20(28)29)25-36(4,31)32/h11-12,14,17,25H,5-10,13H2,1-4H3,(H,24,27)(H,28,29)/t17-/m0/s1. The summed E-state index contributed by atoms with van der Waals surface area (Å²) >= 11 is 2.97. The number of carboxylic acids is 1. The van der Waals surface area contributed by atoms with E-state index in [0.717, 1.165) is 41.3 Å². The minimum Gasteiger partial charge on any atom is -0.480 e. The maximum absolute atomic E-state index is 12.5. The van der Waals surface area contributed by atoms with Gasteiger partial charge in [0.15, 0.2) is 0 Å². The number of nitrogens with one attached hydrogen (secondary N) is 2. The number of amides is 2. The Labute approximate surface area is 219 Å². The Kier molecular flexibility index (Phi) is 9.02. The first-order valence-electron chi connectivity index (χ1n) is 11.7. The predicted molar refractivity (Wildman–Crippen MR) is 140 cm³/mol. The SMILES string of the molecule is CC(C)(C)OC(=O)N1CCC(CCc2cc3cc(C(=O)NC[C@H](NS(C)(=O)=O)C(=O)O)sc3s2)CC1. The zero-order valence-electron chi connectivity index (χ0n) is 20.8. The summed E-state index contributed by atoms with van der Waals surface area (Å²) in [7, 11) is -3.73. The van der Waals surface area contributed by atoms with Crippen LogP contribution in [0.2, 0.25) is 0 Å². The fourth-order valence-electron chi connectivity index (χ4n) is 3.92. The molecule has 1 saturated heterocycles. The van der Waals surface area contributed by atoms with Gasteiger partial charge in [0, 0.05) is 29.9 Å². The van der Waals surface area contributed by atoms with Crippen LogP contribution in [0.1, 0.15) is 54.6 Å². The van der Waals surface area contributed by atoms with Crippen molar-refractivity contribution in [3.63, 3.8) is 0 Å². The van der Waals surface area contributed by atoms with Crippen LogP contribution in [0.3, 0.4) is 0 Å². The van der Waals surface area contributed by atoms with Crippen LogP contribution in [0.25, 0.3) is 9.40 Å². The highest BCUT2D eigenvalue weighted by atomic mass is 32.2. The zero-order valence-corrected chi connectivity index (χ0v) is 23.3. The second kappa shape index (κ2) is 11.4. The molecule has 1 fully saturated rings. The van der Waals surface area contributed by atoms with Crippen molar-refractivity contribution in [2.75, 3.05) is 25.9 Å². The van der Waals surface area contributed by atoms with E-state index in [1.807, 2.05) is 25.5 Å². The number of piperidine rings is 1. The van der Waals surface area contributed by atoms with Crippen LogP contribution in [0.5, 0.6) is 0 Å². The van der Waals surface area contributed by atoms with E-state index in [2.05, 4.69) is 11.4 Å². The van der Waals surface area contributed by atoms with Crippen LogP contribution >= 0.6 is 22.7 Å². The van der Waals surface area contributed by atoms with E-state index in [4.69, 9.17) is 9.84 Å². The molecule has 0 bridgehead atoms. The van der Waals surface area contributed by atoms with Crippen LogP contribution in [0.4, 0.5) is 4.79 Å². The number of hydrogen-bond donors (Lipinski definition) is 3. The molecule has 36 heavy (non-hydrogen) atoms. The highest BCUT2D eigenvalue weighted by Gasteiger charge is 2.27. The number of carboxylic acid groups (broad SMARTS) is 1. The van der Waals surface area contributed by atoms with Crippen molar-refractivity contribution in [2.45, 2.75) is 58.1 Å². The van der Waals surface area contributed by atoms with Crippen LogP contribution in [-0.4, -0.2) is 73.9 Å². The Bertz CT molecular complexity index is 1170. The van der Waals surface area contributed by atoms with E-state index >= 15 is 0 Å². The molecule has 2 amide bonds. The maximum atomic E-state index is 12.5. The van der Waals surface area contributed by atoms with Gasteiger partial charge < -0.3 is 20.1 Å². The van der Waals surface area contributed by atoms with Crippen LogP contribution in [0.15, 0.2) is 12.1 Å². The number of carbonyl (C=O) groups excluding carboxylic acids is 2. The monoisotopic (exact) mass is 559 g/mol. The first-order chi connectivity index (χ1) is 16.7. The smallest absolute Gasteiger partial charge is 0.410 e. The lowest BCUT2D eigenvalue weighted by Crippen LogP contribution is -2.47. The average Bonchev–Trinajstić information content (AvgIpc) is 3.32. The Morgan fingerprint density at radius 1 is 1.19 bits per heavy atom. The molecule has 0 aromatic carbocycles. The van der Waals surface area contributed by atoms with Gasteiger partial charge in [0.2, 0.25) is 10.0 Å². The predicted octanol–water partition coefficient (Wildman–Crippen LogP) is 3.27. The van der Waals surface area contributed by atoms with Gasteiger partial charge >= 0.3 is 12.1 Å². The summed E-state index contributed by atoms with van der Waals surface area (Å²) in [4.78, 5) is 39.4. The molecule has 0 aliphatic carbocycles. The summed E-state index contributed by atoms with van der Waals surface area (Å²) in [5, 5.41) is 12.6. The van der Waals surface area contributed by atoms with Crippen molar-refractivity contribution in [3.05, 3.63) is 21.9 Å². The largest absolute Gasteiger partial charge is 0.480 e. The van der Waals surface area contributed by atoms with Crippen LogP contribution in [-0.2, 0) is 26.0 Å². The van der Waals surface area contributed by atoms with Crippen LogP contribution in [0, 0.1) is 5.92 Å². The number of carbonyl (C=O) groups is 3. The summed E-state index contributed by atoms with van der Waals surface area (Å²) in [5.74, 6) is -1.26. The van der Waals surface area contributed by atoms with Crippen molar-refractivity contribution in [1.29, 1.82) is 0 Å². The normalized spacial score (nSPS) is 16.2. The maximum Gasteiger partial charge on any atom is 0.410 e. The molecule has 3 N–H and O–H groups in total. The highest BCUT2D eigenvalue weighted by molar-refractivity contribution is 7.88. The molecule has 0 unspecified atom stereocenters. The molecule has 3 rings (SSSR count). The molecule has 0 saturated carbocycles. The molecule has 200 valence electrons. The van der Waals surface area contributed by atoms with Gasteiger partial charge in [-0.15, -0.1) is 22.7 Å². The molecule has 1 aliphatic rings. The minimum absolute atomic E-state index is 0.246. The summed E-state index contributed by atoms with van der Waals surface area (Å²) in [6.07, 6.45) is 4.49. The number of aryl methyl sites for hydroxylation is 1. The number of ether oxygens (including phenoxy) is 1. The molecule has 1 aliphatic heterocycles. The molecule has 3 heterocycles.